The van der Waals surface area contributed by atoms with Gasteiger partial charge in [0.2, 0.25) is 0 Å². The molecule has 26 heavy (non-hydrogen) atoms. The Bertz CT molecular complexity index is 705. The first kappa shape index (κ1) is 18.7. The molecule has 2 aromatic rings. The molecule has 3 nitrogen and oxygen atoms in total. The Morgan fingerprint density at radius 2 is 1.46 bits per heavy atom. The summed E-state index contributed by atoms with van der Waals surface area (Å²) in [4.78, 5) is 22.6. The van der Waals surface area contributed by atoms with Gasteiger partial charge in [0, 0.05) is 0 Å². The van der Waals surface area contributed by atoms with E-state index in [0.717, 1.165) is 42.9 Å². The van der Waals surface area contributed by atoms with Crippen molar-refractivity contribution in [3.8, 4) is 11.1 Å². The summed E-state index contributed by atoms with van der Waals surface area (Å²) in [5.41, 5.74) is 3.00. The molecule has 1 aliphatic carbocycles. The number of carbonyl (C=O) groups excluding carboxylic acids is 1. The summed E-state index contributed by atoms with van der Waals surface area (Å²) in [6, 6.07) is 17.5. The van der Waals surface area contributed by atoms with Crippen molar-refractivity contribution in [3.05, 3.63) is 66.3 Å². The number of benzene rings is 2. The minimum atomic E-state index is -0.449. The van der Waals surface area contributed by atoms with E-state index in [4.69, 9.17) is 9.78 Å². The molecule has 1 fully saturated rings. The molecule has 0 aromatic heterocycles. The highest BCUT2D eigenvalue weighted by molar-refractivity contribution is 5.89. The fourth-order valence-corrected chi connectivity index (χ4v) is 3.46. The van der Waals surface area contributed by atoms with Crippen LogP contribution in [0.4, 0.5) is 0 Å². The molecule has 0 saturated heterocycles. The molecule has 0 bridgehead atoms. The lowest BCUT2D eigenvalue weighted by Gasteiger charge is -2.35. The molecule has 0 N–H and O–H groups in total. The van der Waals surface area contributed by atoms with Crippen molar-refractivity contribution >= 4 is 5.97 Å². The molecule has 137 valence electrons. The minimum Gasteiger partial charge on any atom is -0.292 e. The van der Waals surface area contributed by atoms with E-state index in [1.807, 2.05) is 42.5 Å². The van der Waals surface area contributed by atoms with Gasteiger partial charge in [-0.25, -0.2) is 4.79 Å². The van der Waals surface area contributed by atoms with E-state index in [9.17, 15) is 4.79 Å². The van der Waals surface area contributed by atoms with Crippen LogP contribution in [-0.4, -0.2) is 5.97 Å². The largest absolute Gasteiger partial charge is 0.373 e. The summed E-state index contributed by atoms with van der Waals surface area (Å²) < 4.78 is 0. The Labute approximate surface area is 156 Å². The van der Waals surface area contributed by atoms with Crippen LogP contribution in [0, 0.1) is 17.4 Å². The van der Waals surface area contributed by atoms with E-state index in [1.54, 1.807) is 12.1 Å². The van der Waals surface area contributed by atoms with Crippen LogP contribution in [0.1, 0.15) is 56.8 Å². The molecule has 1 radical (unpaired) electrons. The molecule has 2 aromatic carbocycles. The molecule has 0 unspecified atom stereocenters. The lowest BCUT2D eigenvalue weighted by Crippen LogP contribution is -2.26. The summed E-state index contributed by atoms with van der Waals surface area (Å²) >= 11 is 0. The van der Waals surface area contributed by atoms with Gasteiger partial charge in [-0.05, 0) is 60.3 Å². The average molecular weight is 351 g/mol. The molecular weight excluding hydrogens is 324 g/mol. The standard InChI is InChI=1S/C23H27O3/c1-23(2,3)20-13-15-21(16-14-20)25-26-22(24)19-11-9-18(10-12-19)17-7-5-4-6-8-17/h4-12,20H,13-16H2,1-3H3. The minimum absolute atomic E-state index is 0.322. The Kier molecular flexibility index (Phi) is 5.77. The third-order valence-corrected chi connectivity index (χ3v) is 5.23. The summed E-state index contributed by atoms with van der Waals surface area (Å²) in [5, 5.41) is 0. The highest BCUT2D eigenvalue weighted by Crippen LogP contribution is 2.40. The van der Waals surface area contributed by atoms with Crippen LogP contribution in [0.15, 0.2) is 54.6 Å². The zero-order valence-electron chi connectivity index (χ0n) is 15.8. The van der Waals surface area contributed by atoms with Crippen LogP contribution >= 0.6 is 0 Å². The molecule has 1 aliphatic rings. The van der Waals surface area contributed by atoms with Crippen LogP contribution in [0.3, 0.4) is 0 Å². The van der Waals surface area contributed by atoms with E-state index in [0.29, 0.717) is 16.9 Å². The fraction of sp³-hybridized carbons (Fsp3) is 0.391. The van der Waals surface area contributed by atoms with Gasteiger partial charge in [0.1, 0.15) is 6.10 Å². The first-order valence-corrected chi connectivity index (χ1v) is 9.32. The monoisotopic (exact) mass is 351 g/mol. The van der Waals surface area contributed by atoms with Gasteiger partial charge in [-0.3, -0.25) is 4.89 Å². The summed E-state index contributed by atoms with van der Waals surface area (Å²) in [6.07, 6.45) is 4.77. The molecule has 1 saturated carbocycles. The van der Waals surface area contributed by atoms with Crippen molar-refractivity contribution in [1.29, 1.82) is 0 Å². The van der Waals surface area contributed by atoms with Crippen molar-refractivity contribution in [3.63, 3.8) is 0 Å². The lowest BCUT2D eigenvalue weighted by atomic mass is 9.72. The maximum absolute atomic E-state index is 12.2. The van der Waals surface area contributed by atoms with Crippen molar-refractivity contribution in [2.24, 2.45) is 11.3 Å². The lowest BCUT2D eigenvalue weighted by molar-refractivity contribution is -0.241. The molecule has 0 heterocycles. The third kappa shape index (κ3) is 4.73. The molecule has 3 heteroatoms. The third-order valence-electron chi connectivity index (χ3n) is 5.23. The van der Waals surface area contributed by atoms with Crippen LogP contribution in [0.5, 0.6) is 0 Å². The average Bonchev–Trinajstić information content (AvgIpc) is 2.66. The van der Waals surface area contributed by atoms with Gasteiger partial charge in [-0.1, -0.05) is 63.2 Å². The zero-order chi connectivity index (χ0) is 18.6. The van der Waals surface area contributed by atoms with E-state index >= 15 is 0 Å². The normalized spacial score (nSPS) is 16.4. The predicted molar refractivity (Wildman–Crippen MR) is 103 cm³/mol. The second-order valence-electron chi connectivity index (χ2n) is 8.08. The summed E-state index contributed by atoms with van der Waals surface area (Å²) in [7, 11) is 0. The number of hydrogen-bond donors (Lipinski definition) is 0. The SMILES string of the molecule is CC(C)(C)C1CC[C](OOC(=O)c2ccc(-c3ccccc3)cc2)CC1. The van der Waals surface area contributed by atoms with Gasteiger partial charge < -0.3 is 0 Å². The highest BCUT2D eigenvalue weighted by Gasteiger charge is 2.31. The van der Waals surface area contributed by atoms with E-state index < -0.39 is 5.97 Å². The topological polar surface area (TPSA) is 35.5 Å². The first-order chi connectivity index (χ1) is 12.4. The molecule has 3 rings (SSSR count). The Hall–Kier alpha value is -2.13. The van der Waals surface area contributed by atoms with Crippen molar-refractivity contribution < 1.29 is 14.6 Å². The number of hydrogen-bond acceptors (Lipinski definition) is 3. The Morgan fingerprint density at radius 1 is 0.885 bits per heavy atom. The van der Waals surface area contributed by atoms with E-state index in [-0.39, 0.29) is 0 Å². The van der Waals surface area contributed by atoms with Gasteiger partial charge in [0.15, 0.2) is 0 Å². The van der Waals surface area contributed by atoms with Crippen LogP contribution in [0.25, 0.3) is 11.1 Å². The van der Waals surface area contributed by atoms with E-state index in [2.05, 4.69) is 20.8 Å². The maximum Gasteiger partial charge on any atom is 0.373 e. The molecule has 0 aliphatic heterocycles. The Morgan fingerprint density at radius 3 is 2.04 bits per heavy atom. The zero-order valence-corrected chi connectivity index (χ0v) is 15.8. The van der Waals surface area contributed by atoms with Crippen LogP contribution in [0.2, 0.25) is 0 Å². The van der Waals surface area contributed by atoms with Crippen molar-refractivity contribution in [2.45, 2.75) is 46.5 Å². The molecule has 0 spiro atoms. The first-order valence-electron chi connectivity index (χ1n) is 9.32. The maximum atomic E-state index is 12.2. The summed E-state index contributed by atoms with van der Waals surface area (Å²) in [6.45, 7) is 6.84. The molecule has 0 atom stereocenters. The fourth-order valence-electron chi connectivity index (χ4n) is 3.46. The summed E-state index contributed by atoms with van der Waals surface area (Å²) in [5.74, 6) is 0.242. The highest BCUT2D eigenvalue weighted by atomic mass is 17.2. The van der Waals surface area contributed by atoms with Gasteiger partial charge in [-0.2, -0.15) is 4.89 Å². The van der Waals surface area contributed by atoms with Crippen molar-refractivity contribution in [2.75, 3.05) is 0 Å². The second kappa shape index (κ2) is 8.05. The molecule has 0 amide bonds. The quantitative estimate of drug-likeness (QED) is 0.485. The van der Waals surface area contributed by atoms with Gasteiger partial charge >= 0.3 is 5.97 Å². The molecular formula is C23H27O3. The van der Waals surface area contributed by atoms with Gasteiger partial charge in [0.05, 0.1) is 5.56 Å². The second-order valence-corrected chi connectivity index (χ2v) is 8.08. The van der Waals surface area contributed by atoms with E-state index in [1.165, 1.54) is 0 Å². The van der Waals surface area contributed by atoms with Gasteiger partial charge in [-0.15, -0.1) is 0 Å². The predicted octanol–water partition coefficient (Wildman–Crippen LogP) is 6.21. The van der Waals surface area contributed by atoms with Crippen LogP contribution < -0.4 is 0 Å². The van der Waals surface area contributed by atoms with Gasteiger partial charge in [0.25, 0.3) is 0 Å². The van der Waals surface area contributed by atoms with Crippen LogP contribution in [-0.2, 0) is 9.78 Å². The van der Waals surface area contributed by atoms with Crippen molar-refractivity contribution in [1.82, 2.24) is 0 Å². The smallest absolute Gasteiger partial charge is 0.292 e. The Balaban J connectivity index is 1.50. The number of rotatable bonds is 4. The number of carbonyl (C=O) groups is 1.